The van der Waals surface area contributed by atoms with Gasteiger partial charge in [-0.25, -0.2) is 5.43 Å². The molecule has 0 saturated heterocycles. The summed E-state index contributed by atoms with van der Waals surface area (Å²) >= 11 is 0. The van der Waals surface area contributed by atoms with Gasteiger partial charge in [0.05, 0.1) is 11.7 Å². The molecule has 2 nitrogen and oxygen atoms in total. The van der Waals surface area contributed by atoms with Gasteiger partial charge < -0.3 is 5.43 Å². The maximum atomic E-state index is 3.33. The number of hydrogen-bond acceptors (Lipinski definition) is 2. The minimum Gasteiger partial charge on any atom is -0.320 e. The van der Waals surface area contributed by atoms with Gasteiger partial charge in [0.15, 0.2) is 0 Å². The van der Waals surface area contributed by atoms with Crippen LogP contribution in [0.3, 0.4) is 0 Å². The van der Waals surface area contributed by atoms with Gasteiger partial charge in [-0.15, -0.1) is 0 Å². The van der Waals surface area contributed by atoms with Crippen molar-refractivity contribution in [3.8, 4) is 11.1 Å². The fourth-order valence-electron chi connectivity index (χ4n) is 2.89. The van der Waals surface area contributed by atoms with E-state index in [1.165, 1.54) is 22.3 Å². The quantitative estimate of drug-likeness (QED) is 0.741. The van der Waals surface area contributed by atoms with Gasteiger partial charge in [0.1, 0.15) is 0 Å². The normalized spacial score (nSPS) is 16.7. The number of hydrogen-bond donors (Lipinski definition) is 2. The summed E-state index contributed by atoms with van der Waals surface area (Å²) < 4.78 is 0. The second-order valence-electron chi connectivity index (χ2n) is 5.68. The van der Waals surface area contributed by atoms with Crippen LogP contribution in [0.15, 0.2) is 91.0 Å². The number of nitrogens with one attached hydrogen (secondary N) is 2. The van der Waals surface area contributed by atoms with Crippen LogP contribution in [-0.4, -0.2) is 0 Å². The van der Waals surface area contributed by atoms with Gasteiger partial charge in [0, 0.05) is 0 Å². The van der Waals surface area contributed by atoms with E-state index < -0.39 is 0 Å². The molecule has 0 radical (unpaired) electrons. The largest absolute Gasteiger partial charge is 0.320 e. The van der Waals surface area contributed by atoms with E-state index in [0.29, 0.717) is 0 Å². The van der Waals surface area contributed by atoms with Crippen LogP contribution in [0.5, 0.6) is 0 Å². The van der Waals surface area contributed by atoms with Gasteiger partial charge >= 0.3 is 0 Å². The number of rotatable bonds is 3. The fourth-order valence-corrected chi connectivity index (χ4v) is 2.89. The molecule has 0 bridgehead atoms. The highest BCUT2D eigenvalue weighted by Gasteiger charge is 2.16. The van der Waals surface area contributed by atoms with Gasteiger partial charge in [-0.3, -0.25) is 0 Å². The standard InChI is InChI=1S/C21H18N2/c1-3-7-16(8-4-1)17-11-13-19(14-12-17)21-15-20(22-23-21)18-9-5-2-6-10-18/h1-15,20,22-23H. The summed E-state index contributed by atoms with van der Waals surface area (Å²) in [6.07, 6.45) is 2.23. The van der Waals surface area contributed by atoms with Gasteiger partial charge in [0.25, 0.3) is 0 Å². The zero-order valence-electron chi connectivity index (χ0n) is 12.7. The van der Waals surface area contributed by atoms with E-state index in [0.717, 1.165) is 5.70 Å². The summed E-state index contributed by atoms with van der Waals surface area (Å²) in [4.78, 5) is 0. The van der Waals surface area contributed by atoms with Crippen LogP contribution >= 0.6 is 0 Å². The van der Waals surface area contributed by atoms with Crippen molar-refractivity contribution in [2.45, 2.75) is 6.04 Å². The van der Waals surface area contributed by atoms with Crippen LogP contribution in [0.25, 0.3) is 16.8 Å². The Morgan fingerprint density at radius 2 is 1.13 bits per heavy atom. The zero-order valence-corrected chi connectivity index (χ0v) is 12.7. The Morgan fingerprint density at radius 1 is 0.565 bits per heavy atom. The molecule has 2 N–H and O–H groups in total. The molecule has 23 heavy (non-hydrogen) atoms. The summed E-state index contributed by atoms with van der Waals surface area (Å²) in [6, 6.07) is 29.8. The Balaban J connectivity index is 1.57. The van der Waals surface area contributed by atoms with Crippen molar-refractivity contribution in [2.75, 3.05) is 0 Å². The first-order valence-electron chi connectivity index (χ1n) is 7.84. The van der Waals surface area contributed by atoms with E-state index in [4.69, 9.17) is 0 Å². The summed E-state index contributed by atoms with van der Waals surface area (Å²) in [6.45, 7) is 0. The van der Waals surface area contributed by atoms with Crippen LogP contribution < -0.4 is 10.9 Å². The first-order chi connectivity index (χ1) is 11.4. The van der Waals surface area contributed by atoms with Crippen LogP contribution in [0.4, 0.5) is 0 Å². The Morgan fingerprint density at radius 3 is 1.83 bits per heavy atom. The highest BCUT2D eigenvalue weighted by atomic mass is 15.4. The molecule has 0 fully saturated rings. The van der Waals surface area contributed by atoms with Gasteiger partial charge in [-0.1, -0.05) is 84.9 Å². The second-order valence-corrected chi connectivity index (χ2v) is 5.68. The Labute approximate surface area is 136 Å². The average molecular weight is 298 g/mol. The molecule has 0 spiro atoms. The molecule has 0 aromatic heterocycles. The molecular weight excluding hydrogens is 280 g/mol. The Hall–Kier alpha value is -2.84. The summed E-state index contributed by atoms with van der Waals surface area (Å²) in [5, 5.41) is 0. The predicted octanol–water partition coefficient (Wildman–Crippen LogP) is 4.54. The second kappa shape index (κ2) is 6.11. The van der Waals surface area contributed by atoms with Gasteiger partial charge in [0.2, 0.25) is 0 Å². The van der Waals surface area contributed by atoms with E-state index in [-0.39, 0.29) is 6.04 Å². The molecule has 1 aliphatic heterocycles. The van der Waals surface area contributed by atoms with Crippen LogP contribution in [0, 0.1) is 0 Å². The van der Waals surface area contributed by atoms with E-state index in [2.05, 4.69) is 89.7 Å². The third-order valence-corrected chi connectivity index (χ3v) is 4.16. The lowest BCUT2D eigenvalue weighted by atomic mass is 10.0. The molecule has 1 heterocycles. The van der Waals surface area contributed by atoms with Crippen LogP contribution in [-0.2, 0) is 0 Å². The van der Waals surface area contributed by atoms with Gasteiger partial charge in [-0.05, 0) is 28.3 Å². The average Bonchev–Trinajstić information content (AvgIpc) is 3.14. The lowest BCUT2D eigenvalue weighted by Crippen LogP contribution is -2.26. The molecule has 3 aromatic carbocycles. The first kappa shape index (κ1) is 13.8. The molecule has 1 unspecified atom stereocenters. The van der Waals surface area contributed by atoms with E-state index in [1.807, 2.05) is 12.1 Å². The SMILES string of the molecule is C1=C(c2ccc(-c3ccccc3)cc2)NNC1c1ccccc1. The lowest BCUT2D eigenvalue weighted by Gasteiger charge is -2.08. The van der Waals surface area contributed by atoms with Crippen molar-refractivity contribution in [1.29, 1.82) is 0 Å². The maximum absolute atomic E-state index is 3.33. The van der Waals surface area contributed by atoms with Crippen molar-refractivity contribution >= 4 is 5.70 Å². The minimum atomic E-state index is 0.208. The highest BCUT2D eigenvalue weighted by Crippen LogP contribution is 2.26. The first-order valence-corrected chi connectivity index (χ1v) is 7.84. The van der Waals surface area contributed by atoms with Crippen molar-refractivity contribution in [2.24, 2.45) is 0 Å². The van der Waals surface area contributed by atoms with Crippen molar-refractivity contribution in [3.63, 3.8) is 0 Å². The topological polar surface area (TPSA) is 24.1 Å². The van der Waals surface area contributed by atoms with E-state index >= 15 is 0 Å². The van der Waals surface area contributed by atoms with Gasteiger partial charge in [-0.2, -0.15) is 0 Å². The fraction of sp³-hybridized carbons (Fsp3) is 0.0476. The monoisotopic (exact) mass is 298 g/mol. The van der Waals surface area contributed by atoms with Crippen LogP contribution in [0.2, 0.25) is 0 Å². The molecule has 4 rings (SSSR count). The molecule has 0 aliphatic carbocycles. The highest BCUT2D eigenvalue weighted by molar-refractivity contribution is 5.71. The maximum Gasteiger partial charge on any atom is 0.0714 e. The molecule has 2 heteroatoms. The molecule has 112 valence electrons. The van der Waals surface area contributed by atoms with Crippen molar-refractivity contribution in [3.05, 3.63) is 102 Å². The van der Waals surface area contributed by atoms with Crippen LogP contribution in [0.1, 0.15) is 17.2 Å². The molecule has 1 atom stereocenters. The summed E-state index contributed by atoms with van der Waals surface area (Å²) in [7, 11) is 0. The summed E-state index contributed by atoms with van der Waals surface area (Å²) in [5.74, 6) is 0. The smallest absolute Gasteiger partial charge is 0.0714 e. The molecule has 0 amide bonds. The molecular formula is C21H18N2. The van der Waals surface area contributed by atoms with Crippen molar-refractivity contribution < 1.29 is 0 Å². The van der Waals surface area contributed by atoms with E-state index in [9.17, 15) is 0 Å². The Bertz CT molecular complexity index is 805. The Kier molecular flexibility index (Phi) is 3.66. The third kappa shape index (κ3) is 2.89. The molecule has 1 aliphatic rings. The minimum absolute atomic E-state index is 0.208. The third-order valence-electron chi connectivity index (χ3n) is 4.16. The molecule has 0 saturated carbocycles. The predicted molar refractivity (Wildman–Crippen MR) is 95.3 cm³/mol. The summed E-state index contributed by atoms with van der Waals surface area (Å²) in [5.41, 5.74) is 12.7. The zero-order chi connectivity index (χ0) is 15.5. The number of benzene rings is 3. The lowest BCUT2D eigenvalue weighted by molar-refractivity contribution is 0.616. The van der Waals surface area contributed by atoms with Crippen molar-refractivity contribution in [1.82, 2.24) is 10.9 Å². The number of hydrazine groups is 1. The van der Waals surface area contributed by atoms with E-state index in [1.54, 1.807) is 0 Å². The molecule has 3 aromatic rings.